The van der Waals surface area contributed by atoms with Crippen LogP contribution in [0.3, 0.4) is 0 Å². The van der Waals surface area contributed by atoms with Gasteiger partial charge in [0.2, 0.25) is 11.9 Å². The maximum atomic E-state index is 13.1. The summed E-state index contributed by atoms with van der Waals surface area (Å²) in [5, 5.41) is 0.853. The summed E-state index contributed by atoms with van der Waals surface area (Å²) in [4.78, 5) is 25.5. The van der Waals surface area contributed by atoms with E-state index >= 15 is 0 Å². The lowest BCUT2D eigenvalue weighted by Crippen LogP contribution is -2.49. The molecule has 34 heavy (non-hydrogen) atoms. The lowest BCUT2D eigenvalue weighted by atomic mass is 10.0. The third kappa shape index (κ3) is 4.64. The Kier molecular flexibility index (Phi) is 6.90. The van der Waals surface area contributed by atoms with Crippen molar-refractivity contribution in [1.82, 2.24) is 14.9 Å². The fourth-order valence-corrected chi connectivity index (χ4v) is 4.29. The smallest absolute Gasteiger partial charge is 0.228 e. The molecule has 2 heterocycles. The minimum absolute atomic E-state index is 0.0599. The average molecular weight is 489 g/mol. The second-order valence-corrected chi connectivity index (χ2v) is 8.34. The second-order valence-electron chi connectivity index (χ2n) is 7.96. The molecule has 11 heteroatoms. The maximum absolute atomic E-state index is 13.1. The molecule has 0 bridgehead atoms. The lowest BCUT2D eigenvalue weighted by Gasteiger charge is -2.35. The fourth-order valence-electron chi connectivity index (χ4n) is 3.98. The first kappa shape index (κ1) is 23.8. The Morgan fingerprint density at radius 1 is 1.15 bits per heavy atom. The van der Waals surface area contributed by atoms with Crippen LogP contribution in [-0.2, 0) is 4.79 Å². The Labute approximate surface area is 201 Å². The van der Waals surface area contributed by atoms with E-state index in [0.29, 0.717) is 54.5 Å². The Morgan fingerprint density at radius 3 is 2.44 bits per heavy atom. The summed E-state index contributed by atoms with van der Waals surface area (Å²) in [6.45, 7) is 2.01. The number of nitrogen functional groups attached to an aromatic ring is 1. The van der Waals surface area contributed by atoms with Gasteiger partial charge in [-0.25, -0.2) is 9.37 Å². The van der Waals surface area contributed by atoms with Gasteiger partial charge in [0.1, 0.15) is 22.2 Å². The van der Waals surface area contributed by atoms with Gasteiger partial charge in [-0.1, -0.05) is 23.7 Å². The van der Waals surface area contributed by atoms with Gasteiger partial charge in [0.15, 0.2) is 11.5 Å². The number of benzene rings is 2. The summed E-state index contributed by atoms with van der Waals surface area (Å²) in [6, 6.07) is 7.08. The number of fused-ring (bicyclic) bond motifs is 1. The SMILES string of the molecule is COc1cc2c(N)nc(N3CCN(C(=O)CC(N)c4ccc(F)cc4)CC3)nc2c(Cl)c1OC. The van der Waals surface area contributed by atoms with Crippen molar-refractivity contribution in [3.63, 3.8) is 0 Å². The number of hydrogen-bond donors (Lipinski definition) is 2. The van der Waals surface area contributed by atoms with Gasteiger partial charge in [-0.2, -0.15) is 4.98 Å². The van der Waals surface area contributed by atoms with Gasteiger partial charge in [-0.05, 0) is 23.8 Å². The summed E-state index contributed by atoms with van der Waals surface area (Å²) in [7, 11) is 3.01. The molecule has 9 nitrogen and oxygen atoms in total. The number of aromatic nitrogens is 2. The average Bonchev–Trinajstić information content (AvgIpc) is 2.84. The van der Waals surface area contributed by atoms with Crippen LogP contribution in [0.15, 0.2) is 30.3 Å². The molecular weight excluding hydrogens is 463 g/mol. The number of ether oxygens (including phenoxy) is 2. The van der Waals surface area contributed by atoms with E-state index in [2.05, 4.69) is 9.97 Å². The lowest BCUT2D eigenvalue weighted by molar-refractivity contribution is -0.131. The first-order chi connectivity index (χ1) is 16.3. The molecule has 1 atom stereocenters. The molecule has 3 aromatic rings. The van der Waals surface area contributed by atoms with Gasteiger partial charge >= 0.3 is 0 Å². The molecule has 1 aliphatic rings. The van der Waals surface area contributed by atoms with Crippen LogP contribution in [0.1, 0.15) is 18.0 Å². The van der Waals surface area contributed by atoms with E-state index in [1.807, 2.05) is 4.90 Å². The van der Waals surface area contributed by atoms with Crippen molar-refractivity contribution in [1.29, 1.82) is 0 Å². The molecule has 1 aliphatic heterocycles. The predicted octanol–water partition coefficient (Wildman–Crippen LogP) is 2.76. The molecule has 1 unspecified atom stereocenters. The van der Waals surface area contributed by atoms with Crippen LogP contribution in [0.5, 0.6) is 11.5 Å². The first-order valence-corrected chi connectivity index (χ1v) is 11.1. The Hall–Kier alpha value is -3.37. The van der Waals surface area contributed by atoms with Crippen molar-refractivity contribution in [3.05, 3.63) is 46.7 Å². The number of anilines is 2. The van der Waals surface area contributed by atoms with E-state index in [0.717, 1.165) is 5.56 Å². The molecule has 4 N–H and O–H groups in total. The van der Waals surface area contributed by atoms with Crippen LogP contribution in [0, 0.1) is 5.82 Å². The third-order valence-electron chi connectivity index (χ3n) is 5.90. The zero-order valence-electron chi connectivity index (χ0n) is 18.9. The first-order valence-electron chi connectivity index (χ1n) is 10.7. The minimum Gasteiger partial charge on any atom is -0.493 e. The number of nitrogens with zero attached hydrogens (tertiary/aromatic N) is 4. The number of hydrogen-bond acceptors (Lipinski definition) is 8. The molecule has 0 spiro atoms. The van der Waals surface area contributed by atoms with Crippen molar-refractivity contribution in [2.45, 2.75) is 12.5 Å². The Bertz CT molecular complexity index is 1200. The molecular formula is C23H26ClFN6O3. The van der Waals surface area contributed by atoms with Crippen LogP contribution in [0.25, 0.3) is 10.9 Å². The van der Waals surface area contributed by atoms with Gasteiger partial charge in [-0.3, -0.25) is 4.79 Å². The van der Waals surface area contributed by atoms with Crippen LogP contribution >= 0.6 is 11.6 Å². The molecule has 0 saturated carbocycles. The number of carbonyl (C=O) groups is 1. The van der Waals surface area contributed by atoms with Crippen LogP contribution in [-0.4, -0.2) is 61.2 Å². The minimum atomic E-state index is -0.496. The second kappa shape index (κ2) is 9.86. The van der Waals surface area contributed by atoms with Crippen LogP contribution in [0.4, 0.5) is 16.2 Å². The largest absolute Gasteiger partial charge is 0.493 e. The molecule has 2 aromatic carbocycles. The quantitative estimate of drug-likeness (QED) is 0.543. The number of carbonyl (C=O) groups excluding carboxylic acids is 1. The van der Waals surface area contributed by atoms with Gasteiger partial charge in [0.05, 0.1) is 14.2 Å². The highest BCUT2D eigenvalue weighted by atomic mass is 35.5. The van der Waals surface area contributed by atoms with Gasteiger partial charge in [0.25, 0.3) is 0 Å². The predicted molar refractivity (Wildman–Crippen MR) is 129 cm³/mol. The van der Waals surface area contributed by atoms with Gasteiger partial charge in [-0.15, -0.1) is 0 Å². The molecule has 0 radical (unpaired) electrons. The zero-order chi connectivity index (χ0) is 24.4. The molecule has 4 rings (SSSR count). The summed E-state index contributed by atoms with van der Waals surface area (Å²) in [5.74, 6) is 1.10. The van der Waals surface area contributed by atoms with Crippen LogP contribution < -0.4 is 25.8 Å². The molecule has 0 aliphatic carbocycles. The third-order valence-corrected chi connectivity index (χ3v) is 6.25. The summed E-state index contributed by atoms with van der Waals surface area (Å²) < 4.78 is 23.8. The fraction of sp³-hybridized carbons (Fsp3) is 0.348. The van der Waals surface area contributed by atoms with Crippen molar-refractivity contribution in [2.75, 3.05) is 51.0 Å². The number of halogens is 2. The summed E-state index contributed by atoms with van der Waals surface area (Å²) >= 11 is 6.53. The number of methoxy groups -OCH3 is 2. The molecule has 1 aromatic heterocycles. The van der Waals surface area contributed by atoms with E-state index in [1.54, 1.807) is 23.1 Å². The molecule has 1 fully saturated rings. The van der Waals surface area contributed by atoms with Crippen molar-refractivity contribution >= 4 is 40.2 Å². The standard InChI is InChI=1S/C23H26ClFN6O3/c1-33-17-11-15-20(19(24)21(17)34-2)28-23(29-22(15)27)31-9-7-30(8-10-31)18(32)12-16(26)13-3-5-14(25)6-4-13/h3-6,11,16H,7-10,12,26H2,1-2H3,(H2,27,28,29). The van der Waals surface area contributed by atoms with E-state index in [1.165, 1.54) is 26.4 Å². The molecule has 1 amide bonds. The van der Waals surface area contributed by atoms with E-state index in [4.69, 9.17) is 32.5 Å². The summed E-state index contributed by atoms with van der Waals surface area (Å²) in [6.07, 6.45) is 0.141. The summed E-state index contributed by atoms with van der Waals surface area (Å²) in [5.41, 5.74) is 13.5. The zero-order valence-corrected chi connectivity index (χ0v) is 19.7. The Morgan fingerprint density at radius 2 is 1.82 bits per heavy atom. The molecule has 180 valence electrons. The highest BCUT2D eigenvalue weighted by molar-refractivity contribution is 6.37. The van der Waals surface area contributed by atoms with Gasteiger partial charge in [0, 0.05) is 44.0 Å². The number of rotatable bonds is 6. The topological polar surface area (TPSA) is 120 Å². The van der Waals surface area contributed by atoms with E-state index in [-0.39, 0.29) is 29.0 Å². The van der Waals surface area contributed by atoms with E-state index in [9.17, 15) is 9.18 Å². The highest BCUT2D eigenvalue weighted by Gasteiger charge is 2.26. The molecule has 1 saturated heterocycles. The Balaban J connectivity index is 1.46. The number of amides is 1. The van der Waals surface area contributed by atoms with Crippen molar-refractivity contribution in [3.8, 4) is 11.5 Å². The number of nitrogens with two attached hydrogens (primary N) is 2. The van der Waals surface area contributed by atoms with Crippen molar-refractivity contribution in [2.24, 2.45) is 5.73 Å². The maximum Gasteiger partial charge on any atom is 0.228 e. The normalized spacial score (nSPS) is 14.9. The number of piperazine rings is 1. The van der Waals surface area contributed by atoms with Crippen LogP contribution in [0.2, 0.25) is 5.02 Å². The van der Waals surface area contributed by atoms with Gasteiger partial charge < -0.3 is 30.7 Å². The van der Waals surface area contributed by atoms with Crippen molar-refractivity contribution < 1.29 is 18.7 Å². The highest BCUT2D eigenvalue weighted by Crippen LogP contribution is 2.42. The van der Waals surface area contributed by atoms with E-state index < -0.39 is 6.04 Å². The monoisotopic (exact) mass is 488 g/mol.